The van der Waals surface area contributed by atoms with Crippen molar-refractivity contribution in [3.8, 4) is 21.8 Å². The number of nitro benzene ring substituents is 1. The molecule has 4 rings (SSSR count). The van der Waals surface area contributed by atoms with Crippen LogP contribution in [0.3, 0.4) is 0 Å². The molecule has 134 valence electrons. The van der Waals surface area contributed by atoms with Crippen LogP contribution in [0.4, 0.5) is 5.69 Å². The fourth-order valence-electron chi connectivity index (χ4n) is 2.85. The minimum atomic E-state index is -0.641. The van der Waals surface area contributed by atoms with Gasteiger partial charge < -0.3 is 4.42 Å². The van der Waals surface area contributed by atoms with Crippen molar-refractivity contribution >= 4 is 28.0 Å². The molecule has 0 saturated carbocycles. The number of nitro groups is 1. The van der Waals surface area contributed by atoms with E-state index in [2.05, 4.69) is 11.1 Å². The van der Waals surface area contributed by atoms with Crippen molar-refractivity contribution in [1.82, 2.24) is 4.98 Å². The van der Waals surface area contributed by atoms with E-state index in [1.807, 2.05) is 31.4 Å². The molecule has 2 aromatic heterocycles. The number of hydrogen-bond acceptors (Lipinski definition) is 6. The first-order valence-corrected chi connectivity index (χ1v) is 9.07. The van der Waals surface area contributed by atoms with Crippen molar-refractivity contribution in [1.29, 1.82) is 0 Å². The van der Waals surface area contributed by atoms with E-state index in [1.54, 1.807) is 18.2 Å². The molecule has 2 heterocycles. The van der Waals surface area contributed by atoms with Crippen LogP contribution in [0, 0.1) is 24.0 Å². The van der Waals surface area contributed by atoms with Gasteiger partial charge in [-0.25, -0.2) is 9.78 Å². The Morgan fingerprint density at radius 3 is 2.67 bits per heavy atom. The van der Waals surface area contributed by atoms with E-state index in [9.17, 15) is 14.9 Å². The van der Waals surface area contributed by atoms with Gasteiger partial charge in [-0.05, 0) is 37.1 Å². The topological polar surface area (TPSA) is 86.2 Å². The molecule has 6 nitrogen and oxygen atoms in total. The molecule has 0 aliphatic rings. The smallest absolute Gasteiger partial charge is 0.346 e. The Labute approximate surface area is 157 Å². The van der Waals surface area contributed by atoms with Gasteiger partial charge in [0.05, 0.1) is 16.2 Å². The van der Waals surface area contributed by atoms with Gasteiger partial charge in [-0.1, -0.05) is 24.3 Å². The van der Waals surface area contributed by atoms with Crippen molar-refractivity contribution in [3.05, 3.63) is 79.5 Å². The van der Waals surface area contributed by atoms with Crippen LogP contribution in [-0.4, -0.2) is 9.91 Å². The molecule has 0 N–H and O–H groups in total. The number of non-ortho nitro benzene ring substituents is 1. The summed E-state index contributed by atoms with van der Waals surface area (Å²) in [6.45, 7) is 4.09. The number of para-hydroxylation sites is 1. The van der Waals surface area contributed by atoms with Crippen molar-refractivity contribution < 1.29 is 9.34 Å². The summed E-state index contributed by atoms with van der Waals surface area (Å²) in [4.78, 5) is 27.6. The highest BCUT2D eigenvalue weighted by Crippen LogP contribution is 2.31. The van der Waals surface area contributed by atoms with E-state index in [0.29, 0.717) is 16.0 Å². The zero-order valence-corrected chi connectivity index (χ0v) is 15.4. The van der Waals surface area contributed by atoms with Gasteiger partial charge in [-0.15, -0.1) is 11.3 Å². The molecule has 2 aromatic carbocycles. The summed E-state index contributed by atoms with van der Waals surface area (Å²) in [5.41, 5.74) is 3.51. The average molecular weight is 378 g/mol. The van der Waals surface area contributed by atoms with Gasteiger partial charge in [-0.2, -0.15) is 0 Å². The third-order valence-electron chi connectivity index (χ3n) is 4.47. The van der Waals surface area contributed by atoms with Gasteiger partial charge in [0.1, 0.15) is 5.01 Å². The predicted molar refractivity (Wildman–Crippen MR) is 105 cm³/mol. The Morgan fingerprint density at radius 1 is 1.11 bits per heavy atom. The Hall–Kier alpha value is -3.32. The summed E-state index contributed by atoms with van der Waals surface area (Å²) >= 11 is 1.34. The van der Waals surface area contributed by atoms with E-state index in [0.717, 1.165) is 11.3 Å². The normalized spacial score (nSPS) is 11.0. The molecule has 0 amide bonds. The van der Waals surface area contributed by atoms with Gasteiger partial charge in [0.25, 0.3) is 0 Å². The first-order chi connectivity index (χ1) is 12.9. The van der Waals surface area contributed by atoms with Crippen LogP contribution in [0.5, 0.6) is 0 Å². The van der Waals surface area contributed by atoms with Gasteiger partial charge in [0.2, 0.25) is 5.58 Å². The highest BCUT2D eigenvalue weighted by Gasteiger charge is 2.18. The second-order valence-corrected chi connectivity index (χ2v) is 7.10. The minimum absolute atomic E-state index is 0.0258. The van der Waals surface area contributed by atoms with Crippen LogP contribution in [0.15, 0.2) is 57.1 Å². The lowest BCUT2D eigenvalue weighted by Gasteiger charge is -2.02. The molecule has 0 bridgehead atoms. The average Bonchev–Trinajstić information content (AvgIpc) is 3.12. The fourth-order valence-corrected chi connectivity index (χ4v) is 3.69. The standard InChI is InChI=1S/C20H14N2O4S/c1-11-6-7-13(8-12(11)2)16-10-27-19(21-16)15-9-14-4-3-5-17(22(24)25)18(14)26-20(15)23/h3-10H,1-2H3. The van der Waals surface area contributed by atoms with Crippen LogP contribution >= 0.6 is 11.3 Å². The van der Waals surface area contributed by atoms with Crippen molar-refractivity contribution in [2.45, 2.75) is 13.8 Å². The molecule has 0 atom stereocenters. The first-order valence-electron chi connectivity index (χ1n) is 8.19. The maximum atomic E-state index is 12.4. The Morgan fingerprint density at radius 2 is 1.93 bits per heavy atom. The minimum Gasteiger partial charge on any atom is -0.415 e. The molecule has 0 saturated heterocycles. The maximum Gasteiger partial charge on any atom is 0.346 e. The van der Waals surface area contributed by atoms with Crippen molar-refractivity contribution in [2.24, 2.45) is 0 Å². The van der Waals surface area contributed by atoms with Gasteiger partial charge in [0.15, 0.2) is 0 Å². The molecule has 0 spiro atoms. The Balaban J connectivity index is 1.82. The Kier molecular flexibility index (Phi) is 4.08. The lowest BCUT2D eigenvalue weighted by Crippen LogP contribution is -2.03. The molecule has 0 aliphatic heterocycles. The summed E-state index contributed by atoms with van der Waals surface area (Å²) in [7, 11) is 0. The highest BCUT2D eigenvalue weighted by molar-refractivity contribution is 7.13. The molecule has 7 heteroatoms. The molecule has 0 unspecified atom stereocenters. The number of fused-ring (bicyclic) bond motifs is 1. The highest BCUT2D eigenvalue weighted by atomic mass is 32.1. The van der Waals surface area contributed by atoms with Gasteiger partial charge >= 0.3 is 11.3 Å². The van der Waals surface area contributed by atoms with Crippen LogP contribution in [0.25, 0.3) is 32.8 Å². The summed E-state index contributed by atoms with van der Waals surface area (Å²) in [6.07, 6.45) is 0. The van der Waals surface area contributed by atoms with Crippen LogP contribution in [0.2, 0.25) is 0 Å². The second-order valence-electron chi connectivity index (χ2n) is 6.24. The summed E-state index contributed by atoms with van der Waals surface area (Å²) in [5.74, 6) is 0. The van der Waals surface area contributed by atoms with Gasteiger partial charge in [0, 0.05) is 22.4 Å². The molecule has 0 radical (unpaired) electrons. The van der Waals surface area contributed by atoms with E-state index in [-0.39, 0.29) is 11.3 Å². The van der Waals surface area contributed by atoms with E-state index in [4.69, 9.17) is 4.42 Å². The van der Waals surface area contributed by atoms with Crippen LogP contribution < -0.4 is 5.63 Å². The number of nitrogens with zero attached hydrogens (tertiary/aromatic N) is 2. The number of aryl methyl sites for hydroxylation is 2. The van der Waals surface area contributed by atoms with E-state index < -0.39 is 10.5 Å². The largest absolute Gasteiger partial charge is 0.415 e. The molecule has 4 aromatic rings. The van der Waals surface area contributed by atoms with E-state index in [1.165, 1.54) is 28.5 Å². The molecule has 0 fully saturated rings. The molecule has 0 aliphatic carbocycles. The monoisotopic (exact) mass is 378 g/mol. The SMILES string of the molecule is Cc1ccc(-c2csc(-c3cc4cccc([N+](=O)[O-])c4oc3=O)n2)cc1C. The molecular formula is C20H14N2O4S. The third kappa shape index (κ3) is 3.02. The lowest BCUT2D eigenvalue weighted by atomic mass is 10.1. The van der Waals surface area contributed by atoms with Crippen molar-refractivity contribution in [2.75, 3.05) is 0 Å². The fraction of sp³-hybridized carbons (Fsp3) is 0.100. The summed E-state index contributed by atoms with van der Waals surface area (Å²) in [6, 6.07) is 12.2. The number of aromatic nitrogens is 1. The van der Waals surface area contributed by atoms with Crippen molar-refractivity contribution in [3.63, 3.8) is 0 Å². The molecular weight excluding hydrogens is 364 g/mol. The zero-order valence-electron chi connectivity index (χ0n) is 14.6. The summed E-state index contributed by atoms with van der Waals surface area (Å²) in [5, 5.41) is 14.0. The predicted octanol–water partition coefficient (Wildman–Crippen LogP) is 5.11. The zero-order chi connectivity index (χ0) is 19.1. The maximum absolute atomic E-state index is 12.4. The van der Waals surface area contributed by atoms with Crippen LogP contribution in [-0.2, 0) is 0 Å². The quantitative estimate of drug-likeness (QED) is 0.281. The molecule has 27 heavy (non-hydrogen) atoms. The number of rotatable bonds is 3. The van der Waals surface area contributed by atoms with Gasteiger partial charge in [-0.3, -0.25) is 10.1 Å². The number of thiazole rings is 1. The number of hydrogen-bond donors (Lipinski definition) is 0. The first kappa shape index (κ1) is 17.1. The lowest BCUT2D eigenvalue weighted by molar-refractivity contribution is -0.383. The third-order valence-corrected chi connectivity index (χ3v) is 5.35. The Bertz CT molecular complexity index is 1260. The summed E-state index contributed by atoms with van der Waals surface area (Å²) < 4.78 is 5.26. The van der Waals surface area contributed by atoms with E-state index >= 15 is 0 Å². The number of benzene rings is 2. The second kappa shape index (κ2) is 6.44. The van der Waals surface area contributed by atoms with Crippen LogP contribution in [0.1, 0.15) is 11.1 Å².